The lowest BCUT2D eigenvalue weighted by Gasteiger charge is -2.37. The molecule has 4 heteroatoms. The maximum atomic E-state index is 5.75. The van der Waals surface area contributed by atoms with E-state index in [-0.39, 0.29) is 0 Å². The summed E-state index contributed by atoms with van der Waals surface area (Å²) in [5.41, 5.74) is 0. The van der Waals surface area contributed by atoms with Gasteiger partial charge in [0.2, 0.25) is 0 Å². The maximum Gasteiger partial charge on any atom is 0.187 e. The van der Waals surface area contributed by atoms with Gasteiger partial charge in [-0.15, -0.1) is 0 Å². The van der Waals surface area contributed by atoms with E-state index in [1.807, 2.05) is 0 Å². The van der Waals surface area contributed by atoms with Crippen molar-refractivity contribution >= 4 is 8.45 Å². The molecule has 1 heterocycles. The summed E-state index contributed by atoms with van der Waals surface area (Å²) in [6.45, 7) is 8.68. The third-order valence-corrected chi connectivity index (χ3v) is 4.34. The number of hydrogen-bond donors (Lipinski definition) is 0. The van der Waals surface area contributed by atoms with Gasteiger partial charge in [0.15, 0.2) is 8.45 Å². The molecule has 1 rings (SSSR count). The van der Waals surface area contributed by atoms with Gasteiger partial charge in [0.05, 0.1) is 6.61 Å². The van der Waals surface area contributed by atoms with Crippen LogP contribution < -0.4 is 0 Å². The van der Waals surface area contributed by atoms with Crippen LogP contribution in [-0.2, 0) is 4.52 Å². The zero-order chi connectivity index (χ0) is 8.97. The normalized spacial score (nSPS) is 26.5. The van der Waals surface area contributed by atoms with Crippen molar-refractivity contribution in [3.8, 4) is 0 Å². The molecule has 0 amide bonds. The molecule has 3 nitrogen and oxygen atoms in total. The minimum Gasteiger partial charge on any atom is -0.331 e. The summed E-state index contributed by atoms with van der Waals surface area (Å²) in [6.07, 6.45) is 1.18. The molecule has 0 aliphatic carbocycles. The van der Waals surface area contributed by atoms with E-state index in [0.29, 0.717) is 0 Å². The fourth-order valence-electron chi connectivity index (χ4n) is 1.39. The summed E-state index contributed by atoms with van der Waals surface area (Å²) in [4.78, 5) is 0. The molecule has 0 radical (unpaired) electrons. The van der Waals surface area contributed by atoms with E-state index in [1.165, 1.54) is 13.0 Å². The van der Waals surface area contributed by atoms with E-state index in [9.17, 15) is 0 Å². The molecule has 1 aliphatic rings. The second-order valence-corrected chi connectivity index (χ2v) is 4.97. The molecule has 1 aliphatic heterocycles. The van der Waals surface area contributed by atoms with Crippen LogP contribution in [0.25, 0.3) is 0 Å². The number of rotatable bonds is 3. The predicted molar refractivity (Wildman–Crippen MR) is 53.0 cm³/mol. The third kappa shape index (κ3) is 2.40. The van der Waals surface area contributed by atoms with Crippen LogP contribution in [0.5, 0.6) is 0 Å². The molecule has 1 atom stereocenters. The molecular weight excluding hydrogens is 171 g/mol. The van der Waals surface area contributed by atoms with Gasteiger partial charge in [-0.2, -0.15) is 0 Å². The van der Waals surface area contributed by atoms with Crippen molar-refractivity contribution in [2.24, 2.45) is 0 Å². The summed E-state index contributed by atoms with van der Waals surface area (Å²) < 4.78 is 10.5. The van der Waals surface area contributed by atoms with E-state index in [2.05, 4.69) is 30.2 Å². The van der Waals surface area contributed by atoms with Crippen LogP contribution in [0.4, 0.5) is 0 Å². The highest BCUT2D eigenvalue weighted by Crippen LogP contribution is 2.46. The average molecular weight is 190 g/mol. The van der Waals surface area contributed by atoms with E-state index in [0.717, 1.165) is 19.7 Å². The zero-order valence-electron chi connectivity index (χ0n) is 8.29. The molecule has 0 aromatic rings. The predicted octanol–water partition coefficient (Wildman–Crippen LogP) is 1.91. The van der Waals surface area contributed by atoms with Crippen LogP contribution in [0.1, 0.15) is 20.3 Å². The molecule has 0 aromatic carbocycles. The smallest absolute Gasteiger partial charge is 0.187 e. The van der Waals surface area contributed by atoms with Crippen molar-refractivity contribution in [3.63, 3.8) is 0 Å². The van der Waals surface area contributed by atoms with Gasteiger partial charge in [0.1, 0.15) is 0 Å². The first-order chi connectivity index (χ1) is 5.79. The summed E-state index contributed by atoms with van der Waals surface area (Å²) in [6, 6.07) is 0. The molecule has 12 heavy (non-hydrogen) atoms. The van der Waals surface area contributed by atoms with Crippen LogP contribution in [0.15, 0.2) is 0 Å². The highest BCUT2D eigenvalue weighted by atomic mass is 31.2. The van der Waals surface area contributed by atoms with Gasteiger partial charge in [-0.05, 0) is 13.5 Å². The van der Waals surface area contributed by atoms with Crippen molar-refractivity contribution in [2.75, 3.05) is 33.3 Å². The molecule has 0 spiro atoms. The minimum absolute atomic E-state index is 0.430. The number of hydrogen-bond acceptors (Lipinski definition) is 3. The first-order valence-corrected chi connectivity index (χ1v) is 5.85. The minimum atomic E-state index is -0.430. The van der Waals surface area contributed by atoms with Crippen LogP contribution in [-0.4, -0.2) is 42.6 Å². The SMILES string of the molecule is CCN(CC)P1OCCCN1C. The molecular formula is C8H19N2OP. The van der Waals surface area contributed by atoms with Gasteiger partial charge in [0.25, 0.3) is 0 Å². The fourth-order valence-corrected chi connectivity index (χ4v) is 3.27. The van der Waals surface area contributed by atoms with Crippen molar-refractivity contribution < 1.29 is 4.52 Å². The molecule has 0 saturated carbocycles. The Balaban J connectivity index is 2.45. The van der Waals surface area contributed by atoms with Crippen LogP contribution in [0.3, 0.4) is 0 Å². The molecule has 1 unspecified atom stereocenters. The first kappa shape index (κ1) is 10.4. The van der Waals surface area contributed by atoms with Crippen molar-refractivity contribution in [2.45, 2.75) is 20.3 Å². The van der Waals surface area contributed by atoms with E-state index < -0.39 is 8.45 Å². The second kappa shape index (κ2) is 5.13. The molecule has 1 fully saturated rings. The Hall–Kier alpha value is 0.310. The van der Waals surface area contributed by atoms with E-state index >= 15 is 0 Å². The Morgan fingerprint density at radius 1 is 1.42 bits per heavy atom. The Bertz CT molecular complexity index is 130. The summed E-state index contributed by atoms with van der Waals surface area (Å²) in [5, 5.41) is 0. The standard InChI is InChI=1S/C8H19N2OP/c1-4-10(5-2)12-9(3)7-6-8-11-12/h4-8H2,1-3H3. The van der Waals surface area contributed by atoms with Gasteiger partial charge in [-0.25, -0.2) is 4.67 Å². The maximum absolute atomic E-state index is 5.75. The first-order valence-electron chi connectivity index (χ1n) is 4.68. The topological polar surface area (TPSA) is 15.7 Å². The van der Waals surface area contributed by atoms with Gasteiger partial charge < -0.3 is 4.52 Å². The Morgan fingerprint density at radius 3 is 2.58 bits per heavy atom. The average Bonchev–Trinajstić information content (AvgIpc) is 2.10. The van der Waals surface area contributed by atoms with Crippen molar-refractivity contribution in [3.05, 3.63) is 0 Å². The molecule has 0 aromatic heterocycles. The summed E-state index contributed by atoms with van der Waals surface area (Å²) in [7, 11) is 1.73. The Kier molecular flexibility index (Phi) is 4.44. The quantitative estimate of drug-likeness (QED) is 0.632. The van der Waals surface area contributed by atoms with Crippen LogP contribution >= 0.6 is 8.45 Å². The van der Waals surface area contributed by atoms with Crippen LogP contribution in [0.2, 0.25) is 0 Å². The van der Waals surface area contributed by atoms with Gasteiger partial charge in [-0.3, -0.25) is 4.67 Å². The molecule has 0 bridgehead atoms. The van der Waals surface area contributed by atoms with Crippen molar-refractivity contribution in [1.82, 2.24) is 9.34 Å². The van der Waals surface area contributed by atoms with E-state index in [4.69, 9.17) is 4.52 Å². The summed E-state index contributed by atoms with van der Waals surface area (Å²) in [5.74, 6) is 0. The van der Waals surface area contributed by atoms with Crippen molar-refractivity contribution in [1.29, 1.82) is 0 Å². The number of nitrogens with zero attached hydrogens (tertiary/aromatic N) is 2. The molecule has 1 saturated heterocycles. The highest BCUT2D eigenvalue weighted by Gasteiger charge is 2.24. The lowest BCUT2D eigenvalue weighted by Crippen LogP contribution is -2.31. The Morgan fingerprint density at radius 2 is 2.08 bits per heavy atom. The van der Waals surface area contributed by atoms with Gasteiger partial charge in [0, 0.05) is 19.6 Å². The van der Waals surface area contributed by atoms with E-state index in [1.54, 1.807) is 0 Å². The monoisotopic (exact) mass is 190 g/mol. The Labute approximate surface area is 76.6 Å². The van der Waals surface area contributed by atoms with Gasteiger partial charge >= 0.3 is 0 Å². The largest absolute Gasteiger partial charge is 0.331 e. The third-order valence-electron chi connectivity index (χ3n) is 2.10. The summed E-state index contributed by atoms with van der Waals surface area (Å²) >= 11 is 0. The molecule has 0 N–H and O–H groups in total. The lowest BCUT2D eigenvalue weighted by atomic mass is 10.5. The molecule has 72 valence electrons. The fraction of sp³-hybridized carbons (Fsp3) is 1.00. The van der Waals surface area contributed by atoms with Gasteiger partial charge in [-0.1, -0.05) is 13.8 Å². The lowest BCUT2D eigenvalue weighted by molar-refractivity contribution is 0.224. The zero-order valence-corrected chi connectivity index (χ0v) is 9.18. The second-order valence-electron chi connectivity index (χ2n) is 2.96. The van der Waals surface area contributed by atoms with Crippen LogP contribution in [0, 0.1) is 0 Å². The highest BCUT2D eigenvalue weighted by molar-refractivity contribution is 7.47.